The molecule has 0 spiro atoms. The van der Waals surface area contributed by atoms with E-state index < -0.39 is 4.52 Å². The van der Waals surface area contributed by atoms with Crippen LogP contribution in [0.2, 0.25) is 0 Å². The summed E-state index contributed by atoms with van der Waals surface area (Å²) in [6.07, 6.45) is 0. The Labute approximate surface area is 91.5 Å². The number of hydrogen-bond acceptors (Lipinski definition) is 1. The van der Waals surface area contributed by atoms with Crippen LogP contribution in [0, 0.1) is 11.3 Å². The summed E-state index contributed by atoms with van der Waals surface area (Å²) < 4.78 is 3.52. The highest BCUT2D eigenvalue weighted by molar-refractivity contribution is 6.50. The zero-order chi connectivity index (χ0) is 9.73. The van der Waals surface area contributed by atoms with E-state index in [4.69, 9.17) is 39.5 Å². The maximum atomic E-state index is 5.66. The van der Waals surface area contributed by atoms with Crippen LogP contribution in [0.5, 0.6) is 5.75 Å². The Morgan fingerprint density at radius 1 is 1.15 bits per heavy atom. The van der Waals surface area contributed by atoms with E-state index in [1.54, 1.807) is 24.3 Å². The first-order chi connectivity index (χ1) is 6.14. The van der Waals surface area contributed by atoms with E-state index in [-0.39, 0.29) is 0 Å². The van der Waals surface area contributed by atoms with E-state index in [1.807, 2.05) is 6.07 Å². The van der Waals surface area contributed by atoms with Gasteiger partial charge in [-0.25, -0.2) is 0 Å². The average molecular weight is 235 g/mol. The van der Waals surface area contributed by atoms with Crippen LogP contribution in [0.15, 0.2) is 30.3 Å². The fourth-order valence-electron chi connectivity index (χ4n) is 0.717. The Balaban J connectivity index is 2.73. The topological polar surface area (TPSA) is 9.23 Å². The molecule has 0 saturated heterocycles. The van der Waals surface area contributed by atoms with E-state index in [9.17, 15) is 0 Å². The fraction of sp³-hybridized carbons (Fsp3) is 0.111. The van der Waals surface area contributed by atoms with Gasteiger partial charge in [-0.05, 0) is 52.9 Å². The molecule has 1 rings (SSSR count). The highest BCUT2D eigenvalue weighted by atomic mass is 35.5. The molecule has 1 aromatic carbocycles. The molecule has 0 amide bonds. The normalized spacial score (nSPS) is 10.1. The van der Waals surface area contributed by atoms with Gasteiger partial charge < -0.3 is 4.74 Å². The first kappa shape index (κ1) is 10.5. The largest absolute Gasteiger partial charge is 0.448 e. The molecule has 0 unspecified atom stereocenters. The standard InChI is InChI=1S/C9H5Cl3O/c10-7-6-9(11,12)13-8-4-2-1-3-5-8/h1-5H. The molecule has 0 fully saturated rings. The Hall–Kier alpha value is -0.550. The van der Waals surface area contributed by atoms with Crippen LogP contribution in [-0.4, -0.2) is 4.52 Å². The number of para-hydroxylation sites is 1. The molecule has 0 N–H and O–H groups in total. The first-order valence-electron chi connectivity index (χ1n) is 3.39. The molecular weight excluding hydrogens is 230 g/mol. The minimum absolute atomic E-state index is 0.534. The van der Waals surface area contributed by atoms with Crippen LogP contribution >= 0.6 is 34.8 Å². The summed E-state index contributed by atoms with van der Waals surface area (Å²) in [5.41, 5.74) is 0. The van der Waals surface area contributed by atoms with E-state index in [0.717, 1.165) is 0 Å². The number of rotatable bonds is 2. The summed E-state index contributed by atoms with van der Waals surface area (Å²) in [4.78, 5) is 0. The SMILES string of the molecule is ClC#CC(Cl)(Cl)Oc1ccccc1. The molecule has 0 aliphatic rings. The van der Waals surface area contributed by atoms with Gasteiger partial charge in [0, 0.05) is 5.38 Å². The predicted molar refractivity (Wildman–Crippen MR) is 55.1 cm³/mol. The van der Waals surface area contributed by atoms with Gasteiger partial charge in [-0.1, -0.05) is 18.2 Å². The molecule has 0 aliphatic heterocycles. The monoisotopic (exact) mass is 234 g/mol. The molecule has 0 radical (unpaired) electrons. The Morgan fingerprint density at radius 3 is 2.31 bits per heavy atom. The molecule has 0 saturated carbocycles. The van der Waals surface area contributed by atoms with Crippen LogP contribution in [0.25, 0.3) is 0 Å². The Bertz CT molecular complexity index is 324. The van der Waals surface area contributed by atoms with Crippen molar-refractivity contribution < 1.29 is 4.74 Å². The number of hydrogen-bond donors (Lipinski definition) is 0. The zero-order valence-corrected chi connectivity index (χ0v) is 8.70. The third-order valence-electron chi connectivity index (χ3n) is 1.18. The third-order valence-corrected chi connectivity index (χ3v) is 1.62. The van der Waals surface area contributed by atoms with Crippen molar-refractivity contribution in [2.45, 2.75) is 4.52 Å². The average Bonchev–Trinajstić information content (AvgIpc) is 2.04. The van der Waals surface area contributed by atoms with Gasteiger partial charge in [0.15, 0.2) is 0 Å². The zero-order valence-electron chi connectivity index (χ0n) is 6.43. The first-order valence-corrected chi connectivity index (χ1v) is 4.52. The van der Waals surface area contributed by atoms with Gasteiger partial charge in [-0.2, -0.15) is 0 Å². The summed E-state index contributed by atoms with van der Waals surface area (Å²) in [6.45, 7) is 0. The number of alkyl halides is 2. The Kier molecular flexibility index (Phi) is 3.74. The number of benzene rings is 1. The highest BCUT2D eigenvalue weighted by Crippen LogP contribution is 2.25. The van der Waals surface area contributed by atoms with Crippen molar-refractivity contribution in [2.75, 3.05) is 0 Å². The van der Waals surface area contributed by atoms with Crippen molar-refractivity contribution in [1.29, 1.82) is 0 Å². The van der Waals surface area contributed by atoms with Crippen molar-refractivity contribution in [1.82, 2.24) is 0 Å². The van der Waals surface area contributed by atoms with Crippen LogP contribution in [0.3, 0.4) is 0 Å². The van der Waals surface area contributed by atoms with E-state index >= 15 is 0 Å². The summed E-state index contributed by atoms with van der Waals surface area (Å²) >= 11 is 16.5. The third kappa shape index (κ3) is 3.78. The van der Waals surface area contributed by atoms with Gasteiger partial charge in [0.2, 0.25) is 0 Å². The lowest BCUT2D eigenvalue weighted by atomic mass is 10.3. The molecule has 0 atom stereocenters. The molecule has 1 nitrogen and oxygen atoms in total. The molecule has 13 heavy (non-hydrogen) atoms. The smallest absolute Gasteiger partial charge is 0.324 e. The van der Waals surface area contributed by atoms with Crippen molar-refractivity contribution in [3.63, 3.8) is 0 Å². The van der Waals surface area contributed by atoms with Gasteiger partial charge in [0.05, 0.1) is 0 Å². The Morgan fingerprint density at radius 2 is 1.77 bits per heavy atom. The number of ether oxygens (including phenoxy) is 1. The number of halogens is 3. The van der Waals surface area contributed by atoms with Crippen LogP contribution in [0.1, 0.15) is 0 Å². The second-order valence-corrected chi connectivity index (χ2v) is 3.60. The molecular formula is C9H5Cl3O. The van der Waals surface area contributed by atoms with Crippen molar-refractivity contribution in [3.8, 4) is 17.0 Å². The van der Waals surface area contributed by atoms with Crippen LogP contribution < -0.4 is 4.74 Å². The molecule has 0 heterocycles. The van der Waals surface area contributed by atoms with E-state index in [2.05, 4.69) is 11.3 Å². The molecule has 0 aliphatic carbocycles. The second kappa shape index (κ2) is 4.62. The fourth-order valence-corrected chi connectivity index (χ4v) is 1.22. The molecule has 0 aromatic heterocycles. The van der Waals surface area contributed by atoms with Gasteiger partial charge in [0.25, 0.3) is 0 Å². The van der Waals surface area contributed by atoms with Crippen molar-refractivity contribution in [2.24, 2.45) is 0 Å². The quantitative estimate of drug-likeness (QED) is 0.564. The van der Waals surface area contributed by atoms with Crippen LogP contribution in [-0.2, 0) is 0 Å². The second-order valence-electron chi connectivity index (χ2n) is 2.15. The van der Waals surface area contributed by atoms with Gasteiger partial charge in [0.1, 0.15) is 5.75 Å². The van der Waals surface area contributed by atoms with E-state index in [0.29, 0.717) is 5.75 Å². The van der Waals surface area contributed by atoms with Crippen molar-refractivity contribution >= 4 is 34.8 Å². The highest BCUT2D eigenvalue weighted by Gasteiger charge is 2.22. The molecule has 4 heteroatoms. The molecule has 0 bridgehead atoms. The lowest BCUT2D eigenvalue weighted by Gasteiger charge is -2.14. The maximum Gasteiger partial charge on any atom is 0.324 e. The van der Waals surface area contributed by atoms with Gasteiger partial charge in [-0.3, -0.25) is 0 Å². The summed E-state index contributed by atoms with van der Waals surface area (Å²) in [5.74, 6) is 2.83. The van der Waals surface area contributed by atoms with Gasteiger partial charge >= 0.3 is 4.52 Å². The lowest BCUT2D eigenvalue weighted by molar-refractivity contribution is 0.298. The molecule has 1 aromatic rings. The maximum absolute atomic E-state index is 5.66. The summed E-state index contributed by atoms with van der Waals surface area (Å²) in [5, 5.41) is 2.06. The summed E-state index contributed by atoms with van der Waals surface area (Å²) in [6, 6.07) is 8.88. The summed E-state index contributed by atoms with van der Waals surface area (Å²) in [7, 11) is 0. The lowest BCUT2D eigenvalue weighted by Crippen LogP contribution is -2.18. The predicted octanol–water partition coefficient (Wildman–Crippen LogP) is 3.40. The van der Waals surface area contributed by atoms with E-state index in [1.165, 1.54) is 0 Å². The minimum atomic E-state index is -1.59. The van der Waals surface area contributed by atoms with Crippen LogP contribution in [0.4, 0.5) is 0 Å². The van der Waals surface area contributed by atoms with Gasteiger partial charge in [-0.15, -0.1) is 0 Å². The minimum Gasteiger partial charge on any atom is -0.448 e. The molecule has 68 valence electrons. The van der Waals surface area contributed by atoms with Crippen molar-refractivity contribution in [3.05, 3.63) is 30.3 Å².